The average Bonchev–Trinajstić information content (AvgIpc) is 3.49. The van der Waals surface area contributed by atoms with Gasteiger partial charge in [-0.05, 0) is 37.1 Å². The third-order valence-corrected chi connectivity index (χ3v) is 7.33. The average molecular weight is 445 g/mol. The van der Waals surface area contributed by atoms with Gasteiger partial charge in [-0.3, -0.25) is 5.10 Å². The number of nitrogens with zero attached hydrogens (tertiary/aromatic N) is 3. The van der Waals surface area contributed by atoms with Crippen molar-refractivity contribution in [3.63, 3.8) is 0 Å². The van der Waals surface area contributed by atoms with Crippen LogP contribution >= 0.6 is 0 Å². The van der Waals surface area contributed by atoms with Crippen LogP contribution in [-0.2, 0) is 0 Å². The van der Waals surface area contributed by atoms with E-state index in [0.29, 0.717) is 12.0 Å². The molecule has 4 heterocycles. The normalized spacial score (nSPS) is 27.1. The van der Waals surface area contributed by atoms with Gasteiger partial charge in [0.2, 0.25) is 0 Å². The Hall–Kier alpha value is -2.99. The lowest BCUT2D eigenvalue weighted by Crippen LogP contribution is -2.45. The van der Waals surface area contributed by atoms with Gasteiger partial charge in [0.1, 0.15) is 0 Å². The molecule has 1 aromatic heterocycles. The van der Waals surface area contributed by atoms with Crippen molar-refractivity contribution in [2.45, 2.75) is 38.3 Å². The minimum absolute atomic E-state index is 0.186. The van der Waals surface area contributed by atoms with Crippen LogP contribution in [0.3, 0.4) is 0 Å². The van der Waals surface area contributed by atoms with E-state index in [1.54, 1.807) is 0 Å². The minimum Gasteiger partial charge on any atom is -0.382 e. The summed E-state index contributed by atoms with van der Waals surface area (Å²) in [6.45, 7) is 10.7. The first-order chi connectivity index (χ1) is 16.2. The number of rotatable bonds is 7. The fourth-order valence-corrected chi connectivity index (χ4v) is 5.28. The summed E-state index contributed by atoms with van der Waals surface area (Å²) < 4.78 is 0. The number of hydrogen-bond acceptors (Lipinski definition) is 5. The molecule has 5 rings (SSSR count). The van der Waals surface area contributed by atoms with Crippen molar-refractivity contribution in [1.82, 2.24) is 30.6 Å². The zero-order chi connectivity index (χ0) is 22.8. The van der Waals surface area contributed by atoms with Crippen LogP contribution in [0.1, 0.15) is 37.4 Å². The van der Waals surface area contributed by atoms with E-state index in [2.05, 4.69) is 87.9 Å². The number of allylic oxidation sites excluding steroid dienone is 2. The molecule has 0 spiro atoms. The Labute approximate surface area is 197 Å². The molecule has 174 valence electrons. The summed E-state index contributed by atoms with van der Waals surface area (Å²) in [5.41, 5.74) is 7.49. The number of fused-ring (bicyclic) bond motifs is 1. The molecule has 3 atom stereocenters. The highest BCUT2D eigenvalue weighted by atomic mass is 15.3. The Morgan fingerprint density at radius 3 is 2.79 bits per heavy atom. The third kappa shape index (κ3) is 4.32. The number of likely N-dealkylation sites (N-methyl/N-ethyl adjacent to an activating group) is 1. The second kappa shape index (κ2) is 9.48. The van der Waals surface area contributed by atoms with E-state index in [4.69, 9.17) is 0 Å². The molecule has 6 heteroatoms. The van der Waals surface area contributed by atoms with Gasteiger partial charge in [0.05, 0.1) is 24.0 Å². The molecule has 0 bridgehead atoms. The van der Waals surface area contributed by atoms with Gasteiger partial charge >= 0.3 is 0 Å². The molecular weight excluding hydrogens is 408 g/mol. The summed E-state index contributed by atoms with van der Waals surface area (Å²) in [5, 5.41) is 14.6. The van der Waals surface area contributed by atoms with Gasteiger partial charge in [-0.1, -0.05) is 44.2 Å². The predicted octanol–water partition coefficient (Wildman–Crippen LogP) is 3.66. The van der Waals surface area contributed by atoms with E-state index >= 15 is 0 Å². The van der Waals surface area contributed by atoms with Gasteiger partial charge < -0.3 is 20.4 Å². The topological polar surface area (TPSA) is 59.2 Å². The van der Waals surface area contributed by atoms with Gasteiger partial charge in [-0.2, -0.15) is 5.10 Å². The molecule has 4 aliphatic rings. The van der Waals surface area contributed by atoms with Crippen LogP contribution in [0.15, 0.2) is 66.3 Å². The fraction of sp³-hybridized carbons (Fsp3) is 0.444. The molecule has 0 aromatic carbocycles. The molecule has 3 aliphatic heterocycles. The molecule has 6 nitrogen and oxygen atoms in total. The van der Waals surface area contributed by atoms with Crippen LogP contribution in [0.2, 0.25) is 0 Å². The fourth-order valence-electron chi connectivity index (χ4n) is 5.28. The van der Waals surface area contributed by atoms with Crippen molar-refractivity contribution in [2.24, 2.45) is 5.92 Å². The van der Waals surface area contributed by atoms with Crippen LogP contribution in [0.25, 0.3) is 11.6 Å². The SMILES string of the molecule is C=Cc1[nH]ncc1C1=CNC(C2=CC3C(N4CCN(C)CC4)=CNC3C=C2)C=C1CCCC. The van der Waals surface area contributed by atoms with Gasteiger partial charge in [-0.25, -0.2) is 0 Å². The molecule has 0 amide bonds. The Kier molecular flexibility index (Phi) is 6.27. The zero-order valence-corrected chi connectivity index (χ0v) is 19.8. The molecule has 3 unspecified atom stereocenters. The number of hydrogen-bond donors (Lipinski definition) is 3. The molecule has 1 saturated heterocycles. The van der Waals surface area contributed by atoms with Crippen molar-refractivity contribution in [1.29, 1.82) is 0 Å². The van der Waals surface area contributed by atoms with Gasteiger partial charge in [0.15, 0.2) is 0 Å². The van der Waals surface area contributed by atoms with Gasteiger partial charge in [-0.15, -0.1) is 0 Å². The standard InChI is InChI=1S/C27H36N6/c1-4-6-7-19-15-26(28-16-22(19)23-17-30-31-24(23)5-2)20-8-9-25-21(14-20)27(18-29-25)33-12-10-32(3)11-13-33/h5,8-9,14-18,21,25-26,28-29H,2,4,6-7,10-13H2,1,3H3,(H,30,31). The lowest BCUT2D eigenvalue weighted by molar-refractivity contribution is 0.178. The van der Waals surface area contributed by atoms with Crippen molar-refractivity contribution >= 4 is 11.6 Å². The number of aromatic nitrogens is 2. The largest absolute Gasteiger partial charge is 0.382 e. The molecule has 33 heavy (non-hydrogen) atoms. The zero-order valence-electron chi connectivity index (χ0n) is 19.8. The Morgan fingerprint density at radius 2 is 2.00 bits per heavy atom. The molecule has 0 saturated carbocycles. The quantitative estimate of drug-likeness (QED) is 0.599. The third-order valence-electron chi connectivity index (χ3n) is 7.33. The highest BCUT2D eigenvalue weighted by Crippen LogP contribution is 2.36. The predicted molar refractivity (Wildman–Crippen MR) is 136 cm³/mol. The molecule has 1 aromatic rings. The maximum atomic E-state index is 4.25. The maximum absolute atomic E-state index is 4.25. The summed E-state index contributed by atoms with van der Waals surface area (Å²) in [6, 6.07) is 0.550. The van der Waals surface area contributed by atoms with Crippen molar-refractivity contribution < 1.29 is 0 Å². The van der Waals surface area contributed by atoms with E-state index in [1.807, 2.05) is 12.3 Å². The molecule has 3 N–H and O–H groups in total. The summed E-state index contributed by atoms with van der Waals surface area (Å²) in [4.78, 5) is 4.98. The van der Waals surface area contributed by atoms with Gasteiger partial charge in [0, 0.05) is 61.3 Å². The van der Waals surface area contributed by atoms with Crippen LogP contribution in [0.5, 0.6) is 0 Å². The number of dihydropyridines is 1. The van der Waals surface area contributed by atoms with E-state index in [-0.39, 0.29) is 6.04 Å². The van der Waals surface area contributed by atoms with Crippen LogP contribution < -0.4 is 10.6 Å². The van der Waals surface area contributed by atoms with Crippen LogP contribution in [-0.4, -0.2) is 65.3 Å². The molecule has 0 radical (unpaired) electrons. The van der Waals surface area contributed by atoms with Crippen molar-refractivity contribution in [3.05, 3.63) is 77.6 Å². The van der Waals surface area contributed by atoms with E-state index < -0.39 is 0 Å². The Bertz CT molecular complexity index is 1030. The first kappa shape index (κ1) is 21.8. The smallest absolute Gasteiger partial charge is 0.0695 e. The van der Waals surface area contributed by atoms with Crippen LogP contribution in [0, 0.1) is 5.92 Å². The first-order valence-corrected chi connectivity index (χ1v) is 12.3. The highest BCUT2D eigenvalue weighted by Gasteiger charge is 2.34. The monoisotopic (exact) mass is 444 g/mol. The van der Waals surface area contributed by atoms with E-state index in [0.717, 1.165) is 43.9 Å². The first-order valence-electron chi connectivity index (χ1n) is 12.3. The summed E-state index contributed by atoms with van der Waals surface area (Å²) in [6.07, 6.45) is 21.1. The van der Waals surface area contributed by atoms with Crippen LogP contribution in [0.4, 0.5) is 0 Å². The molecule has 1 aliphatic carbocycles. The highest BCUT2D eigenvalue weighted by molar-refractivity contribution is 5.83. The number of aromatic amines is 1. The summed E-state index contributed by atoms with van der Waals surface area (Å²) in [5.74, 6) is 0.398. The second-order valence-corrected chi connectivity index (χ2v) is 9.50. The van der Waals surface area contributed by atoms with Crippen molar-refractivity contribution in [2.75, 3.05) is 33.2 Å². The summed E-state index contributed by atoms with van der Waals surface area (Å²) >= 11 is 0. The van der Waals surface area contributed by atoms with Crippen molar-refractivity contribution in [3.8, 4) is 0 Å². The Morgan fingerprint density at radius 1 is 1.15 bits per heavy atom. The number of nitrogens with one attached hydrogen (secondary N) is 3. The maximum Gasteiger partial charge on any atom is 0.0695 e. The summed E-state index contributed by atoms with van der Waals surface area (Å²) in [7, 11) is 2.21. The number of H-pyrrole nitrogens is 1. The number of unbranched alkanes of at least 4 members (excludes halogenated alkanes) is 1. The van der Waals surface area contributed by atoms with Gasteiger partial charge in [0.25, 0.3) is 0 Å². The van der Waals surface area contributed by atoms with E-state index in [9.17, 15) is 0 Å². The van der Waals surface area contributed by atoms with E-state index in [1.165, 1.54) is 35.3 Å². The molecular formula is C27H36N6. The Balaban J connectivity index is 1.38. The number of piperazine rings is 1. The lowest BCUT2D eigenvalue weighted by Gasteiger charge is -2.37. The molecule has 1 fully saturated rings. The minimum atomic E-state index is 0.186. The second-order valence-electron chi connectivity index (χ2n) is 9.50. The lowest BCUT2D eigenvalue weighted by atomic mass is 9.84.